The molecule has 0 spiro atoms. The number of carbonyl (C=O) groups is 1. The summed E-state index contributed by atoms with van der Waals surface area (Å²) in [4.78, 5) is 13.3. The number of nitrogens with zero attached hydrogens (tertiary/aromatic N) is 1. The third kappa shape index (κ3) is 3.20. The molecule has 6 heteroatoms. The summed E-state index contributed by atoms with van der Waals surface area (Å²) in [7, 11) is 3.00. The van der Waals surface area contributed by atoms with Crippen LogP contribution in [0.4, 0.5) is 0 Å². The Morgan fingerprint density at radius 2 is 2.00 bits per heavy atom. The predicted octanol–water partition coefficient (Wildman–Crippen LogP) is 2.01. The first-order valence-electron chi connectivity index (χ1n) is 5.08. The van der Waals surface area contributed by atoms with Gasteiger partial charge in [-0.25, -0.2) is 8.42 Å². The highest BCUT2D eigenvalue weighted by Crippen LogP contribution is 2.22. The lowest BCUT2D eigenvalue weighted by Crippen LogP contribution is -2.27. The molecule has 1 rings (SSSR count). The van der Waals surface area contributed by atoms with Gasteiger partial charge in [-0.1, -0.05) is 11.6 Å². The van der Waals surface area contributed by atoms with Crippen LogP contribution in [-0.4, -0.2) is 32.8 Å². The average Bonchev–Trinajstić information content (AvgIpc) is 2.25. The molecular weight excluding hydrogens is 262 g/mol. The lowest BCUT2D eigenvalue weighted by atomic mass is 10.1. The summed E-state index contributed by atoms with van der Waals surface area (Å²) in [5, 5.41) is 0. The maximum atomic E-state index is 12.0. The van der Waals surface area contributed by atoms with E-state index in [2.05, 4.69) is 0 Å². The molecule has 0 unspecified atom stereocenters. The van der Waals surface area contributed by atoms with Crippen molar-refractivity contribution in [1.29, 1.82) is 0 Å². The zero-order valence-corrected chi connectivity index (χ0v) is 11.5. The maximum absolute atomic E-state index is 12.0. The monoisotopic (exact) mass is 275 g/mol. The third-order valence-corrected chi connectivity index (χ3v) is 3.83. The summed E-state index contributed by atoms with van der Waals surface area (Å²) in [5.74, 6) is -0.351. The molecule has 1 aromatic rings. The van der Waals surface area contributed by atoms with Crippen molar-refractivity contribution in [3.05, 3.63) is 29.3 Å². The highest BCUT2D eigenvalue weighted by atomic mass is 35.7. The number of amides is 1. The molecule has 0 bridgehead atoms. The van der Waals surface area contributed by atoms with Crippen molar-refractivity contribution in [2.45, 2.75) is 18.7 Å². The van der Waals surface area contributed by atoms with E-state index in [1.54, 1.807) is 20.0 Å². The normalized spacial score (nSPS) is 11.3. The Morgan fingerprint density at radius 3 is 2.47 bits per heavy atom. The summed E-state index contributed by atoms with van der Waals surface area (Å²) in [5.41, 5.74) is 0.922. The molecule has 94 valence electrons. The Morgan fingerprint density at radius 1 is 1.41 bits per heavy atom. The number of hydrogen-bond acceptors (Lipinski definition) is 3. The van der Waals surface area contributed by atoms with Crippen LogP contribution in [0.2, 0.25) is 0 Å². The zero-order valence-electron chi connectivity index (χ0n) is 9.90. The molecule has 0 saturated carbocycles. The quantitative estimate of drug-likeness (QED) is 0.793. The van der Waals surface area contributed by atoms with E-state index in [0.29, 0.717) is 6.54 Å². The molecule has 0 N–H and O–H groups in total. The van der Waals surface area contributed by atoms with Gasteiger partial charge < -0.3 is 4.90 Å². The fraction of sp³-hybridized carbons (Fsp3) is 0.364. The van der Waals surface area contributed by atoms with Gasteiger partial charge in [0, 0.05) is 24.3 Å². The predicted molar refractivity (Wildman–Crippen MR) is 66.9 cm³/mol. The van der Waals surface area contributed by atoms with Crippen molar-refractivity contribution in [2.24, 2.45) is 0 Å². The lowest BCUT2D eigenvalue weighted by molar-refractivity contribution is 0.0798. The topological polar surface area (TPSA) is 54.5 Å². The second-order valence-electron chi connectivity index (χ2n) is 3.76. The van der Waals surface area contributed by atoms with Crippen LogP contribution in [0.5, 0.6) is 0 Å². The highest BCUT2D eigenvalue weighted by Gasteiger charge is 2.22. The van der Waals surface area contributed by atoms with Crippen LogP contribution in [0.1, 0.15) is 22.8 Å². The van der Waals surface area contributed by atoms with E-state index in [-0.39, 0.29) is 16.4 Å². The number of hydrogen-bond donors (Lipinski definition) is 0. The summed E-state index contributed by atoms with van der Waals surface area (Å²) < 4.78 is 22.8. The van der Waals surface area contributed by atoms with Crippen LogP contribution in [0, 0.1) is 6.92 Å². The van der Waals surface area contributed by atoms with Crippen molar-refractivity contribution in [2.75, 3.05) is 13.6 Å². The van der Waals surface area contributed by atoms with Gasteiger partial charge in [0.15, 0.2) is 0 Å². The maximum Gasteiger partial charge on any atom is 0.262 e. The van der Waals surface area contributed by atoms with E-state index in [4.69, 9.17) is 10.7 Å². The summed E-state index contributed by atoms with van der Waals surface area (Å²) in [6, 6.07) is 4.50. The Balaban J connectivity index is 3.41. The smallest absolute Gasteiger partial charge is 0.262 e. The molecular formula is C11H14ClNO3S. The molecule has 0 aliphatic carbocycles. The van der Waals surface area contributed by atoms with Crippen LogP contribution in [0.3, 0.4) is 0 Å². The first-order chi connectivity index (χ1) is 7.77. The molecule has 0 fully saturated rings. The minimum atomic E-state index is -3.91. The Kier molecular flexibility index (Phi) is 4.16. The molecule has 0 radical (unpaired) electrons. The summed E-state index contributed by atoms with van der Waals surface area (Å²) in [6.07, 6.45) is 0. The van der Waals surface area contributed by atoms with Crippen LogP contribution in [-0.2, 0) is 9.05 Å². The highest BCUT2D eigenvalue weighted by molar-refractivity contribution is 8.13. The molecule has 0 aliphatic heterocycles. The molecule has 0 atom stereocenters. The molecule has 4 nitrogen and oxygen atoms in total. The van der Waals surface area contributed by atoms with E-state index in [9.17, 15) is 13.2 Å². The van der Waals surface area contributed by atoms with Crippen molar-refractivity contribution in [3.63, 3.8) is 0 Å². The van der Waals surface area contributed by atoms with Gasteiger partial charge in [-0.3, -0.25) is 4.79 Å². The van der Waals surface area contributed by atoms with E-state index in [1.165, 1.54) is 17.0 Å². The zero-order chi connectivity index (χ0) is 13.2. The minimum Gasteiger partial charge on any atom is -0.342 e. The van der Waals surface area contributed by atoms with Crippen LogP contribution in [0.15, 0.2) is 23.1 Å². The SMILES string of the molecule is CCN(C)C(=O)c1cc(C)ccc1S(=O)(=O)Cl. The Labute approximate surface area is 106 Å². The van der Waals surface area contributed by atoms with E-state index < -0.39 is 9.05 Å². The first kappa shape index (κ1) is 14.0. The van der Waals surface area contributed by atoms with Gasteiger partial charge in [0.2, 0.25) is 0 Å². The van der Waals surface area contributed by atoms with Gasteiger partial charge >= 0.3 is 0 Å². The largest absolute Gasteiger partial charge is 0.342 e. The number of benzene rings is 1. The minimum absolute atomic E-state index is 0.115. The molecule has 17 heavy (non-hydrogen) atoms. The average molecular weight is 276 g/mol. The van der Waals surface area contributed by atoms with Crippen LogP contribution in [0.25, 0.3) is 0 Å². The number of carbonyl (C=O) groups excluding carboxylic acids is 1. The van der Waals surface area contributed by atoms with Crippen molar-refractivity contribution in [1.82, 2.24) is 4.90 Å². The summed E-state index contributed by atoms with van der Waals surface area (Å²) >= 11 is 0. The van der Waals surface area contributed by atoms with Gasteiger partial charge in [-0.2, -0.15) is 0 Å². The van der Waals surface area contributed by atoms with Crippen LogP contribution < -0.4 is 0 Å². The van der Waals surface area contributed by atoms with Crippen LogP contribution >= 0.6 is 10.7 Å². The van der Waals surface area contributed by atoms with Gasteiger partial charge in [0.25, 0.3) is 15.0 Å². The molecule has 1 amide bonds. The first-order valence-corrected chi connectivity index (χ1v) is 7.39. The number of aryl methyl sites for hydroxylation is 1. The second kappa shape index (κ2) is 5.06. The molecule has 0 aliphatic rings. The number of rotatable bonds is 3. The molecule has 0 aromatic heterocycles. The van der Waals surface area contributed by atoms with Gasteiger partial charge in [-0.05, 0) is 26.0 Å². The Hall–Kier alpha value is -1.07. The molecule has 0 saturated heterocycles. The van der Waals surface area contributed by atoms with Crippen molar-refractivity contribution < 1.29 is 13.2 Å². The summed E-state index contributed by atoms with van der Waals surface area (Å²) in [6.45, 7) is 4.09. The molecule has 0 heterocycles. The Bertz CT molecular complexity index is 540. The van der Waals surface area contributed by atoms with Gasteiger partial charge in [-0.15, -0.1) is 0 Å². The fourth-order valence-electron chi connectivity index (χ4n) is 1.37. The third-order valence-electron chi connectivity index (χ3n) is 2.45. The van der Waals surface area contributed by atoms with Gasteiger partial charge in [0.05, 0.1) is 10.5 Å². The second-order valence-corrected chi connectivity index (χ2v) is 6.29. The standard InChI is InChI=1S/C11H14ClNO3S/c1-4-13(3)11(14)9-7-8(2)5-6-10(9)17(12,15)16/h5-7H,4H2,1-3H3. The number of halogens is 1. The molecule has 1 aromatic carbocycles. The van der Waals surface area contributed by atoms with Crippen molar-refractivity contribution >= 4 is 25.6 Å². The van der Waals surface area contributed by atoms with E-state index in [1.807, 2.05) is 6.92 Å². The fourth-order valence-corrected chi connectivity index (χ4v) is 2.42. The van der Waals surface area contributed by atoms with E-state index >= 15 is 0 Å². The van der Waals surface area contributed by atoms with E-state index in [0.717, 1.165) is 5.56 Å². The van der Waals surface area contributed by atoms with Gasteiger partial charge in [0.1, 0.15) is 0 Å². The van der Waals surface area contributed by atoms with Crippen molar-refractivity contribution in [3.8, 4) is 0 Å². The lowest BCUT2D eigenvalue weighted by Gasteiger charge is -2.16.